The fraction of sp³-hybridized carbons (Fsp3) is 0.444. The number of nitrogens with one attached hydrogen (secondary N) is 2. The van der Waals surface area contributed by atoms with E-state index < -0.39 is 30.1 Å². The lowest BCUT2D eigenvalue weighted by atomic mass is 9.98. The molecule has 1 aliphatic rings. The lowest BCUT2D eigenvalue weighted by Gasteiger charge is -2.21. The second-order valence-electron chi connectivity index (χ2n) is 8.75. The number of unbranched alkanes of at least 4 members (excludes halogenated alkanes) is 1. The van der Waals surface area contributed by atoms with Gasteiger partial charge in [-0.1, -0.05) is 68.3 Å². The van der Waals surface area contributed by atoms with E-state index in [1.54, 1.807) is 0 Å². The maximum atomic E-state index is 12.7. The van der Waals surface area contributed by atoms with Gasteiger partial charge in [0.1, 0.15) is 12.6 Å². The molecule has 0 spiro atoms. The van der Waals surface area contributed by atoms with E-state index in [1.807, 2.05) is 37.4 Å². The van der Waals surface area contributed by atoms with E-state index in [0.717, 1.165) is 35.1 Å². The van der Waals surface area contributed by atoms with Gasteiger partial charge in [-0.2, -0.15) is 11.8 Å². The topological polar surface area (TPSA) is 105 Å². The minimum absolute atomic E-state index is 0.00719. The van der Waals surface area contributed by atoms with Crippen molar-refractivity contribution in [2.24, 2.45) is 0 Å². The highest BCUT2D eigenvalue weighted by Gasteiger charge is 2.29. The van der Waals surface area contributed by atoms with E-state index in [-0.39, 0.29) is 18.9 Å². The Labute approximate surface area is 211 Å². The number of carbonyl (C=O) groups is 3. The molecule has 3 N–H and O–H groups in total. The zero-order valence-electron chi connectivity index (χ0n) is 20.3. The number of fused-ring (bicyclic) bond motifs is 3. The molecular weight excluding hydrogens is 464 g/mol. The van der Waals surface area contributed by atoms with Gasteiger partial charge in [0.25, 0.3) is 0 Å². The summed E-state index contributed by atoms with van der Waals surface area (Å²) in [5.41, 5.74) is 4.58. The van der Waals surface area contributed by atoms with Gasteiger partial charge in [-0.25, -0.2) is 9.59 Å². The third-order valence-electron chi connectivity index (χ3n) is 6.25. The van der Waals surface area contributed by atoms with Crippen molar-refractivity contribution in [1.82, 2.24) is 10.6 Å². The first-order valence-electron chi connectivity index (χ1n) is 12.1. The van der Waals surface area contributed by atoms with Crippen LogP contribution in [0.5, 0.6) is 0 Å². The standard InChI is InChI=1S/C27H34N2O5S/c1-3-4-9-18(16-25(30)29-24(26(31)32)14-15-35-2)28-27(33)34-17-23-21-12-7-5-10-19(21)20-11-6-8-13-22(20)23/h5-8,10-13,18,23-24H,3-4,9,14-17H2,1-2H3,(H,28,33)(H,29,30)(H,31,32)/t18-,24?/m1/s1. The molecule has 35 heavy (non-hydrogen) atoms. The zero-order chi connectivity index (χ0) is 25.2. The molecule has 0 fully saturated rings. The Morgan fingerprint density at radius 3 is 2.20 bits per heavy atom. The lowest BCUT2D eigenvalue weighted by Crippen LogP contribution is -2.45. The summed E-state index contributed by atoms with van der Waals surface area (Å²) in [6, 6.07) is 14.9. The van der Waals surface area contributed by atoms with Crippen LogP contribution in [0.4, 0.5) is 4.79 Å². The first-order valence-corrected chi connectivity index (χ1v) is 13.5. The van der Waals surface area contributed by atoms with Gasteiger partial charge in [0.2, 0.25) is 5.91 Å². The Morgan fingerprint density at radius 2 is 1.63 bits per heavy atom. The number of thioether (sulfide) groups is 1. The van der Waals surface area contributed by atoms with Gasteiger partial charge in [0, 0.05) is 18.4 Å². The molecule has 0 aliphatic heterocycles. The van der Waals surface area contributed by atoms with Crippen LogP contribution in [0.2, 0.25) is 0 Å². The van der Waals surface area contributed by atoms with E-state index in [0.29, 0.717) is 18.6 Å². The number of hydrogen-bond donors (Lipinski definition) is 3. The predicted octanol–water partition coefficient (Wildman–Crippen LogP) is 4.80. The fourth-order valence-electron chi connectivity index (χ4n) is 4.45. The summed E-state index contributed by atoms with van der Waals surface area (Å²) < 4.78 is 5.63. The minimum atomic E-state index is -1.05. The molecular formula is C27H34N2O5S. The first kappa shape index (κ1) is 26.6. The number of carboxylic acids is 1. The third-order valence-corrected chi connectivity index (χ3v) is 6.89. The number of carboxylic acid groups (broad SMARTS) is 1. The Hall–Kier alpha value is -3.00. The summed E-state index contributed by atoms with van der Waals surface area (Å²) in [7, 11) is 0. The molecule has 0 bridgehead atoms. The van der Waals surface area contributed by atoms with Crippen LogP contribution in [0, 0.1) is 0 Å². The molecule has 2 aromatic carbocycles. The largest absolute Gasteiger partial charge is 0.480 e. The lowest BCUT2D eigenvalue weighted by molar-refractivity contribution is -0.141. The van der Waals surface area contributed by atoms with Gasteiger partial charge >= 0.3 is 12.1 Å². The number of benzene rings is 2. The maximum Gasteiger partial charge on any atom is 0.407 e. The second-order valence-corrected chi connectivity index (χ2v) is 9.74. The summed E-state index contributed by atoms with van der Waals surface area (Å²) in [6.45, 7) is 2.23. The number of rotatable bonds is 13. The highest BCUT2D eigenvalue weighted by molar-refractivity contribution is 7.98. The van der Waals surface area contributed by atoms with Gasteiger partial charge in [-0.15, -0.1) is 0 Å². The summed E-state index contributed by atoms with van der Waals surface area (Å²) in [5.74, 6) is -0.854. The van der Waals surface area contributed by atoms with Crippen molar-refractivity contribution in [1.29, 1.82) is 0 Å². The SMILES string of the molecule is CCCC[C@H](CC(=O)NC(CCSC)C(=O)O)NC(=O)OCC1c2ccccc2-c2ccccc21. The van der Waals surface area contributed by atoms with Crippen molar-refractivity contribution in [2.45, 2.75) is 57.0 Å². The highest BCUT2D eigenvalue weighted by Crippen LogP contribution is 2.44. The first-order chi connectivity index (χ1) is 16.9. The van der Waals surface area contributed by atoms with Gasteiger partial charge in [0.15, 0.2) is 0 Å². The number of carbonyl (C=O) groups excluding carboxylic acids is 2. The number of amides is 2. The number of hydrogen-bond acceptors (Lipinski definition) is 5. The van der Waals surface area contributed by atoms with Crippen LogP contribution in [0.3, 0.4) is 0 Å². The summed E-state index contributed by atoms with van der Waals surface area (Å²) in [6.07, 6.45) is 4.02. The highest BCUT2D eigenvalue weighted by atomic mass is 32.2. The smallest absolute Gasteiger partial charge is 0.407 e. The molecule has 0 radical (unpaired) electrons. The van der Waals surface area contributed by atoms with Gasteiger partial charge in [0.05, 0.1) is 0 Å². The van der Waals surface area contributed by atoms with Gasteiger partial charge in [-0.05, 0) is 47.1 Å². The molecule has 1 unspecified atom stereocenters. The van der Waals surface area contributed by atoms with Crippen molar-refractivity contribution >= 4 is 29.7 Å². The third kappa shape index (κ3) is 7.24. The van der Waals surface area contributed by atoms with E-state index in [9.17, 15) is 19.5 Å². The average Bonchev–Trinajstić information content (AvgIpc) is 3.17. The molecule has 1 aliphatic carbocycles. The Balaban J connectivity index is 1.59. The minimum Gasteiger partial charge on any atom is -0.480 e. The number of aliphatic carboxylic acids is 1. The molecule has 3 rings (SSSR count). The maximum absolute atomic E-state index is 12.7. The molecule has 2 amide bonds. The summed E-state index contributed by atoms with van der Waals surface area (Å²) in [4.78, 5) is 36.7. The van der Waals surface area contributed by atoms with Crippen molar-refractivity contribution in [3.8, 4) is 11.1 Å². The number of ether oxygens (including phenoxy) is 1. The molecule has 0 saturated heterocycles. The van der Waals surface area contributed by atoms with Crippen molar-refractivity contribution < 1.29 is 24.2 Å². The van der Waals surface area contributed by atoms with Crippen LogP contribution in [0.15, 0.2) is 48.5 Å². The molecule has 7 nitrogen and oxygen atoms in total. The molecule has 0 saturated carbocycles. The Bertz CT molecular complexity index is 983. The van der Waals surface area contributed by atoms with E-state index >= 15 is 0 Å². The monoisotopic (exact) mass is 498 g/mol. The number of alkyl carbamates (subject to hydrolysis) is 1. The van der Waals surface area contributed by atoms with Gasteiger partial charge < -0.3 is 20.5 Å². The normalized spacial score (nSPS) is 13.9. The molecule has 2 atom stereocenters. The van der Waals surface area contributed by atoms with Crippen LogP contribution in [-0.4, -0.2) is 53.8 Å². The molecule has 0 heterocycles. The molecule has 8 heteroatoms. The van der Waals surface area contributed by atoms with E-state index in [1.165, 1.54) is 11.8 Å². The summed E-state index contributed by atoms with van der Waals surface area (Å²) >= 11 is 1.53. The van der Waals surface area contributed by atoms with Gasteiger partial charge in [-0.3, -0.25) is 4.79 Å². The van der Waals surface area contributed by atoms with Crippen molar-refractivity contribution in [3.63, 3.8) is 0 Å². The quantitative estimate of drug-likeness (QED) is 0.367. The van der Waals surface area contributed by atoms with Crippen LogP contribution >= 0.6 is 11.8 Å². The molecule has 0 aromatic heterocycles. The van der Waals surface area contributed by atoms with Crippen molar-refractivity contribution in [2.75, 3.05) is 18.6 Å². The molecule has 2 aromatic rings. The van der Waals surface area contributed by atoms with E-state index in [4.69, 9.17) is 4.74 Å². The summed E-state index contributed by atoms with van der Waals surface area (Å²) in [5, 5.41) is 14.8. The average molecular weight is 499 g/mol. The van der Waals surface area contributed by atoms with E-state index in [2.05, 4.69) is 34.9 Å². The van der Waals surface area contributed by atoms with Crippen LogP contribution in [0.1, 0.15) is 56.1 Å². The molecule has 188 valence electrons. The fourth-order valence-corrected chi connectivity index (χ4v) is 4.92. The van der Waals surface area contributed by atoms with Crippen LogP contribution < -0.4 is 10.6 Å². The zero-order valence-corrected chi connectivity index (χ0v) is 21.1. The second kappa shape index (κ2) is 13.2. The Kier molecular flexibility index (Phi) is 10.0. The van der Waals surface area contributed by atoms with Crippen LogP contribution in [0.25, 0.3) is 11.1 Å². The van der Waals surface area contributed by atoms with Crippen LogP contribution in [-0.2, 0) is 14.3 Å². The van der Waals surface area contributed by atoms with Crippen molar-refractivity contribution in [3.05, 3.63) is 59.7 Å². The Morgan fingerprint density at radius 1 is 1.00 bits per heavy atom. The predicted molar refractivity (Wildman–Crippen MR) is 139 cm³/mol.